The van der Waals surface area contributed by atoms with E-state index in [0.717, 1.165) is 19.6 Å². The third-order valence-corrected chi connectivity index (χ3v) is 4.67. The SMILES string of the molecule is CC(CC(=O)N1C[C@@H]2CCN[C@@H]2C1)C(C)(C)C. The van der Waals surface area contributed by atoms with Gasteiger partial charge in [0.05, 0.1) is 0 Å². The lowest BCUT2D eigenvalue weighted by molar-refractivity contribution is -0.132. The van der Waals surface area contributed by atoms with Gasteiger partial charge in [0.25, 0.3) is 0 Å². The molecule has 3 nitrogen and oxygen atoms in total. The summed E-state index contributed by atoms with van der Waals surface area (Å²) < 4.78 is 0. The molecule has 0 aromatic heterocycles. The first-order valence-electron chi connectivity index (χ1n) is 6.89. The topological polar surface area (TPSA) is 32.3 Å². The Labute approximate surface area is 105 Å². The molecule has 0 radical (unpaired) electrons. The van der Waals surface area contributed by atoms with E-state index in [1.165, 1.54) is 6.42 Å². The summed E-state index contributed by atoms with van der Waals surface area (Å²) in [6, 6.07) is 0.573. The molecule has 2 fully saturated rings. The zero-order valence-corrected chi connectivity index (χ0v) is 11.6. The Hall–Kier alpha value is -0.570. The van der Waals surface area contributed by atoms with Crippen LogP contribution in [0.5, 0.6) is 0 Å². The number of carbonyl (C=O) groups excluding carboxylic acids is 1. The number of amides is 1. The highest BCUT2D eigenvalue weighted by atomic mass is 16.2. The van der Waals surface area contributed by atoms with Crippen LogP contribution in [0.25, 0.3) is 0 Å². The van der Waals surface area contributed by atoms with Crippen molar-refractivity contribution in [2.45, 2.75) is 46.6 Å². The van der Waals surface area contributed by atoms with Gasteiger partial charge in [-0.25, -0.2) is 0 Å². The minimum absolute atomic E-state index is 0.226. The summed E-state index contributed by atoms with van der Waals surface area (Å²) in [7, 11) is 0. The predicted molar refractivity (Wildman–Crippen MR) is 69.7 cm³/mol. The summed E-state index contributed by atoms with van der Waals surface area (Å²) in [5, 5.41) is 3.49. The molecule has 0 bridgehead atoms. The van der Waals surface area contributed by atoms with Crippen molar-refractivity contribution in [2.75, 3.05) is 19.6 Å². The zero-order valence-electron chi connectivity index (χ0n) is 11.6. The van der Waals surface area contributed by atoms with Gasteiger partial charge in [-0.3, -0.25) is 4.79 Å². The molecule has 2 aliphatic rings. The molecule has 98 valence electrons. The molecule has 0 spiro atoms. The number of fused-ring (bicyclic) bond motifs is 1. The van der Waals surface area contributed by atoms with E-state index in [9.17, 15) is 4.79 Å². The number of rotatable bonds is 2. The highest BCUT2D eigenvalue weighted by molar-refractivity contribution is 5.77. The number of nitrogens with one attached hydrogen (secondary N) is 1. The lowest BCUT2D eigenvalue weighted by Gasteiger charge is -2.28. The first kappa shape index (κ1) is 12.9. The number of likely N-dealkylation sites (tertiary alicyclic amines) is 1. The first-order valence-corrected chi connectivity index (χ1v) is 6.89. The van der Waals surface area contributed by atoms with Crippen LogP contribution in [0.1, 0.15) is 40.5 Å². The molecule has 2 heterocycles. The van der Waals surface area contributed by atoms with E-state index >= 15 is 0 Å². The highest BCUT2D eigenvalue weighted by Crippen LogP contribution is 2.30. The van der Waals surface area contributed by atoms with Gasteiger partial charge in [-0.1, -0.05) is 27.7 Å². The largest absolute Gasteiger partial charge is 0.341 e. The van der Waals surface area contributed by atoms with Gasteiger partial charge < -0.3 is 10.2 Å². The lowest BCUT2D eigenvalue weighted by atomic mass is 9.80. The second-order valence-electron chi connectivity index (χ2n) is 6.88. The summed E-state index contributed by atoms with van der Waals surface area (Å²) in [6.45, 7) is 11.9. The fraction of sp³-hybridized carbons (Fsp3) is 0.929. The molecule has 2 rings (SSSR count). The molecular formula is C14H26N2O. The molecule has 3 atom stereocenters. The fourth-order valence-electron chi connectivity index (χ4n) is 2.75. The van der Waals surface area contributed by atoms with Gasteiger partial charge in [-0.15, -0.1) is 0 Å². The molecule has 1 N–H and O–H groups in total. The Morgan fingerprint density at radius 1 is 1.41 bits per heavy atom. The molecule has 17 heavy (non-hydrogen) atoms. The van der Waals surface area contributed by atoms with Crippen LogP contribution in [0.15, 0.2) is 0 Å². The lowest BCUT2D eigenvalue weighted by Crippen LogP contribution is -2.35. The summed E-state index contributed by atoms with van der Waals surface area (Å²) in [5.41, 5.74) is 0.226. The van der Waals surface area contributed by atoms with Gasteiger partial charge in [0.2, 0.25) is 5.91 Å². The average molecular weight is 238 g/mol. The van der Waals surface area contributed by atoms with Gasteiger partial charge in [-0.05, 0) is 30.2 Å². The van der Waals surface area contributed by atoms with Crippen molar-refractivity contribution >= 4 is 5.91 Å². The molecule has 2 saturated heterocycles. The van der Waals surface area contributed by atoms with Crippen LogP contribution in [0.3, 0.4) is 0 Å². The Morgan fingerprint density at radius 3 is 2.71 bits per heavy atom. The minimum atomic E-state index is 0.226. The maximum atomic E-state index is 12.2. The van der Waals surface area contributed by atoms with Crippen LogP contribution in [-0.4, -0.2) is 36.5 Å². The van der Waals surface area contributed by atoms with Crippen LogP contribution < -0.4 is 5.32 Å². The van der Waals surface area contributed by atoms with Gasteiger partial charge >= 0.3 is 0 Å². The second-order valence-corrected chi connectivity index (χ2v) is 6.88. The van der Waals surface area contributed by atoms with Gasteiger partial charge in [-0.2, -0.15) is 0 Å². The smallest absolute Gasteiger partial charge is 0.222 e. The van der Waals surface area contributed by atoms with E-state index in [4.69, 9.17) is 0 Å². The third kappa shape index (κ3) is 2.82. The number of hydrogen-bond acceptors (Lipinski definition) is 2. The summed E-state index contributed by atoms with van der Waals surface area (Å²) >= 11 is 0. The molecule has 0 aliphatic carbocycles. The van der Waals surface area contributed by atoms with Crippen molar-refractivity contribution < 1.29 is 4.79 Å². The van der Waals surface area contributed by atoms with Gasteiger partial charge in [0.15, 0.2) is 0 Å². The highest BCUT2D eigenvalue weighted by Gasteiger charge is 2.38. The normalized spacial score (nSPS) is 30.5. The Bertz CT molecular complexity index is 283. The minimum Gasteiger partial charge on any atom is -0.341 e. The predicted octanol–water partition coefficient (Wildman–Crippen LogP) is 1.88. The summed E-state index contributed by atoms with van der Waals surface area (Å²) in [5.74, 6) is 1.51. The van der Waals surface area contributed by atoms with Crippen LogP contribution in [0.2, 0.25) is 0 Å². The Morgan fingerprint density at radius 2 is 2.12 bits per heavy atom. The maximum absolute atomic E-state index is 12.2. The zero-order chi connectivity index (χ0) is 12.6. The van der Waals surface area contributed by atoms with E-state index in [1.54, 1.807) is 0 Å². The van der Waals surface area contributed by atoms with E-state index in [1.807, 2.05) is 0 Å². The van der Waals surface area contributed by atoms with E-state index in [-0.39, 0.29) is 5.41 Å². The van der Waals surface area contributed by atoms with E-state index in [2.05, 4.69) is 37.9 Å². The number of carbonyl (C=O) groups is 1. The van der Waals surface area contributed by atoms with Crippen molar-refractivity contribution in [3.63, 3.8) is 0 Å². The molecule has 0 aromatic carbocycles. The van der Waals surface area contributed by atoms with Crippen molar-refractivity contribution in [3.8, 4) is 0 Å². The molecule has 2 aliphatic heterocycles. The van der Waals surface area contributed by atoms with Crippen molar-refractivity contribution in [2.24, 2.45) is 17.3 Å². The quantitative estimate of drug-likeness (QED) is 0.796. The van der Waals surface area contributed by atoms with Gasteiger partial charge in [0.1, 0.15) is 0 Å². The Balaban J connectivity index is 1.85. The summed E-state index contributed by atoms with van der Waals surface area (Å²) in [6.07, 6.45) is 1.94. The monoisotopic (exact) mass is 238 g/mol. The molecule has 1 amide bonds. The van der Waals surface area contributed by atoms with Crippen molar-refractivity contribution in [1.82, 2.24) is 10.2 Å². The van der Waals surface area contributed by atoms with E-state index < -0.39 is 0 Å². The van der Waals surface area contributed by atoms with Crippen LogP contribution in [0.4, 0.5) is 0 Å². The van der Waals surface area contributed by atoms with Crippen LogP contribution >= 0.6 is 0 Å². The molecule has 0 saturated carbocycles. The number of nitrogens with zero attached hydrogens (tertiary/aromatic N) is 1. The third-order valence-electron chi connectivity index (χ3n) is 4.67. The fourth-order valence-corrected chi connectivity index (χ4v) is 2.75. The van der Waals surface area contributed by atoms with Crippen LogP contribution in [0, 0.1) is 17.3 Å². The molecular weight excluding hydrogens is 212 g/mol. The Kier molecular flexibility index (Phi) is 3.48. The molecule has 0 aromatic rings. The first-order chi connectivity index (χ1) is 7.88. The summed E-state index contributed by atoms with van der Waals surface area (Å²) in [4.78, 5) is 14.3. The molecule has 3 heteroatoms. The van der Waals surface area contributed by atoms with Crippen molar-refractivity contribution in [1.29, 1.82) is 0 Å². The van der Waals surface area contributed by atoms with Crippen molar-refractivity contribution in [3.05, 3.63) is 0 Å². The second kappa shape index (κ2) is 4.60. The van der Waals surface area contributed by atoms with Crippen LogP contribution in [-0.2, 0) is 4.79 Å². The number of hydrogen-bond donors (Lipinski definition) is 1. The maximum Gasteiger partial charge on any atom is 0.222 e. The standard InChI is InChI=1S/C14H26N2O/c1-10(14(2,3)4)7-13(17)16-8-11-5-6-15-12(11)9-16/h10-12,15H,5-9H2,1-4H3/t10?,11-,12+/m0/s1. The average Bonchev–Trinajstić information content (AvgIpc) is 2.74. The van der Waals surface area contributed by atoms with E-state index in [0.29, 0.717) is 30.2 Å². The molecule has 1 unspecified atom stereocenters. The van der Waals surface area contributed by atoms with Gasteiger partial charge in [0, 0.05) is 25.6 Å².